The molecular weight excluding hydrogens is 254 g/mol. The molecular formula is C12H23NO4S. The Bertz CT molecular complexity index is 276. The lowest BCUT2D eigenvalue weighted by Gasteiger charge is -2.28. The van der Waals surface area contributed by atoms with Crippen LogP contribution in [-0.2, 0) is 14.2 Å². The normalized spacial score (nSPS) is 10.9. The number of carbonyl (C=O) groups excluding carboxylic acids is 1. The van der Waals surface area contributed by atoms with Crippen molar-refractivity contribution in [1.82, 2.24) is 4.90 Å². The Hall–Kier alpha value is -0.880. The summed E-state index contributed by atoms with van der Waals surface area (Å²) >= 11 is 5.13. The van der Waals surface area contributed by atoms with E-state index in [1.54, 1.807) is 14.0 Å². The summed E-state index contributed by atoms with van der Waals surface area (Å²) < 4.78 is 15.4. The minimum Gasteiger partial charge on any atom is -0.465 e. The van der Waals surface area contributed by atoms with Crippen molar-refractivity contribution in [2.24, 2.45) is 0 Å². The summed E-state index contributed by atoms with van der Waals surface area (Å²) in [6.45, 7) is 8.64. The third-order valence-corrected chi connectivity index (χ3v) is 2.14. The van der Waals surface area contributed by atoms with Gasteiger partial charge in [-0.3, -0.25) is 0 Å². The number of hydrogen-bond donors (Lipinski definition) is 0. The van der Waals surface area contributed by atoms with E-state index in [9.17, 15) is 4.79 Å². The average Bonchev–Trinajstić information content (AvgIpc) is 2.22. The molecule has 0 bridgehead atoms. The van der Waals surface area contributed by atoms with E-state index in [-0.39, 0.29) is 5.17 Å². The number of methoxy groups -OCH3 is 1. The van der Waals surface area contributed by atoms with Crippen molar-refractivity contribution in [2.75, 3.05) is 26.9 Å². The number of ether oxygens (including phenoxy) is 3. The molecule has 0 spiro atoms. The molecule has 0 unspecified atom stereocenters. The number of carbonyl (C=O) groups is 1. The van der Waals surface area contributed by atoms with E-state index in [0.717, 1.165) is 0 Å². The molecule has 18 heavy (non-hydrogen) atoms. The first-order chi connectivity index (χ1) is 8.31. The van der Waals surface area contributed by atoms with Gasteiger partial charge in [0.15, 0.2) is 0 Å². The quantitative estimate of drug-likeness (QED) is 0.571. The summed E-state index contributed by atoms with van der Waals surface area (Å²) in [5, 5.41) is 0.136. The fourth-order valence-corrected chi connectivity index (χ4v) is 1.56. The first-order valence-corrected chi connectivity index (χ1v) is 6.39. The van der Waals surface area contributed by atoms with Crippen molar-refractivity contribution >= 4 is 23.5 Å². The number of thiocarbonyl (C=S) groups is 1. The zero-order valence-corrected chi connectivity index (χ0v) is 12.6. The van der Waals surface area contributed by atoms with Crippen LogP contribution in [0.1, 0.15) is 34.1 Å². The lowest BCUT2D eigenvalue weighted by molar-refractivity contribution is 0.0779. The standard InChI is InChI=1S/C12H23NO4S/c1-6-16-10(14)13(8-7-9-15-5)11(18)17-12(2,3)4/h6-9H2,1-5H3. The molecule has 0 N–H and O–H groups in total. The smallest absolute Gasteiger partial charge is 0.417 e. The fraction of sp³-hybridized carbons (Fsp3) is 0.833. The predicted molar refractivity (Wildman–Crippen MR) is 73.7 cm³/mol. The van der Waals surface area contributed by atoms with Gasteiger partial charge in [-0.1, -0.05) is 0 Å². The highest BCUT2D eigenvalue weighted by molar-refractivity contribution is 7.80. The Labute approximate surface area is 114 Å². The lowest BCUT2D eigenvalue weighted by atomic mass is 10.2. The fourth-order valence-electron chi connectivity index (χ4n) is 1.14. The topological polar surface area (TPSA) is 48.0 Å². The van der Waals surface area contributed by atoms with Gasteiger partial charge < -0.3 is 14.2 Å². The summed E-state index contributed by atoms with van der Waals surface area (Å²) in [6, 6.07) is 0. The highest BCUT2D eigenvalue weighted by Crippen LogP contribution is 2.11. The summed E-state index contributed by atoms with van der Waals surface area (Å²) in [7, 11) is 1.61. The van der Waals surface area contributed by atoms with Gasteiger partial charge in [0, 0.05) is 20.3 Å². The van der Waals surface area contributed by atoms with E-state index < -0.39 is 11.7 Å². The molecule has 0 heterocycles. The molecule has 106 valence electrons. The number of amides is 1. The molecule has 0 aliphatic rings. The summed E-state index contributed by atoms with van der Waals surface area (Å²) in [4.78, 5) is 13.1. The Kier molecular flexibility index (Phi) is 7.86. The van der Waals surface area contributed by atoms with Gasteiger partial charge in [0.25, 0.3) is 5.17 Å². The Morgan fingerprint density at radius 3 is 2.39 bits per heavy atom. The van der Waals surface area contributed by atoms with Crippen LogP contribution in [0.4, 0.5) is 4.79 Å². The second-order valence-corrected chi connectivity index (χ2v) is 5.03. The molecule has 0 rings (SSSR count). The van der Waals surface area contributed by atoms with Gasteiger partial charge >= 0.3 is 6.09 Å². The van der Waals surface area contributed by atoms with E-state index in [1.807, 2.05) is 20.8 Å². The van der Waals surface area contributed by atoms with E-state index in [0.29, 0.717) is 26.2 Å². The van der Waals surface area contributed by atoms with Crippen molar-refractivity contribution in [1.29, 1.82) is 0 Å². The molecule has 0 aromatic heterocycles. The van der Waals surface area contributed by atoms with Crippen molar-refractivity contribution in [3.8, 4) is 0 Å². The summed E-state index contributed by atoms with van der Waals surface area (Å²) in [6.07, 6.45) is 0.186. The van der Waals surface area contributed by atoms with E-state index >= 15 is 0 Å². The third-order valence-electron chi connectivity index (χ3n) is 1.83. The molecule has 0 fully saturated rings. The largest absolute Gasteiger partial charge is 0.465 e. The van der Waals surface area contributed by atoms with Gasteiger partial charge in [0.2, 0.25) is 0 Å². The monoisotopic (exact) mass is 277 g/mol. The minimum absolute atomic E-state index is 0.136. The van der Waals surface area contributed by atoms with Gasteiger partial charge in [0.1, 0.15) is 5.60 Å². The Morgan fingerprint density at radius 2 is 1.94 bits per heavy atom. The molecule has 0 aromatic rings. The van der Waals surface area contributed by atoms with Crippen LogP contribution < -0.4 is 0 Å². The van der Waals surface area contributed by atoms with Crippen LogP contribution in [0, 0.1) is 0 Å². The van der Waals surface area contributed by atoms with Gasteiger partial charge in [0.05, 0.1) is 6.61 Å². The van der Waals surface area contributed by atoms with Crippen LogP contribution >= 0.6 is 12.2 Å². The van der Waals surface area contributed by atoms with Gasteiger partial charge in [-0.05, 0) is 46.3 Å². The first-order valence-electron chi connectivity index (χ1n) is 5.98. The predicted octanol–water partition coefficient (Wildman–Crippen LogP) is 2.58. The van der Waals surface area contributed by atoms with Gasteiger partial charge in [-0.15, -0.1) is 0 Å². The van der Waals surface area contributed by atoms with E-state index in [1.165, 1.54) is 4.90 Å². The van der Waals surface area contributed by atoms with E-state index in [4.69, 9.17) is 26.4 Å². The molecule has 5 nitrogen and oxygen atoms in total. The second kappa shape index (κ2) is 8.26. The van der Waals surface area contributed by atoms with Gasteiger partial charge in [-0.2, -0.15) is 0 Å². The molecule has 0 atom stereocenters. The van der Waals surface area contributed by atoms with Crippen molar-refractivity contribution in [3.05, 3.63) is 0 Å². The van der Waals surface area contributed by atoms with Crippen LogP contribution in [-0.4, -0.2) is 48.6 Å². The second-order valence-electron chi connectivity index (χ2n) is 4.68. The Balaban J connectivity index is 4.53. The molecule has 0 aliphatic carbocycles. The zero-order valence-electron chi connectivity index (χ0n) is 11.8. The van der Waals surface area contributed by atoms with Crippen LogP contribution in [0.5, 0.6) is 0 Å². The van der Waals surface area contributed by atoms with Crippen molar-refractivity contribution in [2.45, 2.75) is 39.7 Å². The molecule has 0 aliphatic heterocycles. The highest BCUT2D eigenvalue weighted by Gasteiger charge is 2.24. The molecule has 0 saturated carbocycles. The van der Waals surface area contributed by atoms with Crippen molar-refractivity contribution in [3.63, 3.8) is 0 Å². The first kappa shape index (κ1) is 17.1. The number of hydrogen-bond acceptors (Lipinski definition) is 5. The number of nitrogens with zero attached hydrogens (tertiary/aromatic N) is 1. The minimum atomic E-state index is -0.483. The SMILES string of the molecule is CCOC(=O)N(CCCOC)C(=S)OC(C)(C)C. The summed E-state index contributed by atoms with van der Waals surface area (Å²) in [5.41, 5.74) is -0.441. The maximum atomic E-state index is 11.8. The molecule has 0 saturated heterocycles. The van der Waals surface area contributed by atoms with Crippen LogP contribution in [0.25, 0.3) is 0 Å². The average molecular weight is 277 g/mol. The third kappa shape index (κ3) is 7.45. The maximum Gasteiger partial charge on any atom is 0.417 e. The van der Waals surface area contributed by atoms with Crippen LogP contribution in [0.3, 0.4) is 0 Å². The molecule has 6 heteroatoms. The summed E-state index contributed by atoms with van der Waals surface area (Å²) in [5.74, 6) is 0. The van der Waals surface area contributed by atoms with Crippen molar-refractivity contribution < 1.29 is 19.0 Å². The van der Waals surface area contributed by atoms with Crippen LogP contribution in [0.15, 0.2) is 0 Å². The maximum absolute atomic E-state index is 11.8. The molecule has 0 radical (unpaired) electrons. The molecule has 0 aromatic carbocycles. The van der Waals surface area contributed by atoms with Gasteiger partial charge in [-0.25, -0.2) is 9.69 Å². The van der Waals surface area contributed by atoms with Crippen LogP contribution in [0.2, 0.25) is 0 Å². The highest BCUT2D eigenvalue weighted by atomic mass is 32.1. The Morgan fingerprint density at radius 1 is 1.33 bits per heavy atom. The zero-order chi connectivity index (χ0) is 14.2. The lowest BCUT2D eigenvalue weighted by Crippen LogP contribution is -2.41. The van der Waals surface area contributed by atoms with E-state index in [2.05, 4.69) is 0 Å². The number of rotatable bonds is 5. The molecule has 1 amide bonds.